The number of likely N-dealkylation sites (tertiary alicyclic amines) is 1. The van der Waals surface area contributed by atoms with Crippen LogP contribution in [0.25, 0.3) is 0 Å². The van der Waals surface area contributed by atoms with Gasteiger partial charge in [-0.25, -0.2) is 0 Å². The summed E-state index contributed by atoms with van der Waals surface area (Å²) in [5.74, 6) is -1.39. The summed E-state index contributed by atoms with van der Waals surface area (Å²) in [6.07, 6.45) is 0.170. The number of aliphatic carboxylic acids is 1. The first-order valence-electron chi connectivity index (χ1n) is 4.65. The summed E-state index contributed by atoms with van der Waals surface area (Å²) >= 11 is 2.50. The number of carboxylic acid groups (broad SMARTS) is 1. The number of carbonyl (C=O) groups excluding carboxylic acids is 1. The molecule has 8 heteroatoms. The Balaban J connectivity index is -0.0000000760. The van der Waals surface area contributed by atoms with Crippen LogP contribution in [0.1, 0.15) is 16.2 Å². The van der Waals surface area contributed by atoms with Gasteiger partial charge in [0, 0.05) is 19.5 Å². The first-order chi connectivity index (χ1) is 6.15. The fraction of sp³-hybridized carbons (Fsp3) is 0.714. The molecule has 1 aliphatic rings. The Labute approximate surface area is 224 Å². The van der Waals surface area contributed by atoms with Gasteiger partial charge < -0.3 is 12.9 Å². The van der Waals surface area contributed by atoms with E-state index in [1.165, 1.54) is 63.2 Å². The summed E-state index contributed by atoms with van der Waals surface area (Å²) in [6, 6.07) is 0. The van der Waals surface area contributed by atoms with Crippen molar-refractivity contribution in [2.45, 2.75) is 13.3 Å². The molecule has 1 amide bonds. The van der Waals surface area contributed by atoms with Crippen LogP contribution in [0, 0.1) is 5.92 Å². The Bertz CT molecular complexity index is 212. The zero-order valence-electron chi connectivity index (χ0n) is 12.4. The van der Waals surface area contributed by atoms with Crippen LogP contribution in [0.3, 0.4) is 0 Å². The van der Waals surface area contributed by atoms with E-state index in [1.807, 2.05) is 6.92 Å². The van der Waals surface area contributed by atoms with Crippen LogP contribution in [0.2, 0.25) is 0 Å². The van der Waals surface area contributed by atoms with Gasteiger partial charge in [0.1, 0.15) is 0 Å². The third-order valence-corrected chi connectivity index (χ3v) is 1.95. The number of carbonyl (C=O) groups is 2. The molecule has 1 N–H and O–H groups in total. The monoisotopic (exact) mass is 315 g/mol. The minimum atomic E-state index is -0.866. The van der Waals surface area contributed by atoms with Crippen LogP contribution in [-0.4, -0.2) is 98.1 Å². The number of hydrogen-bond donors (Lipinski definition) is 1. The predicted octanol–water partition coefficient (Wildman–Crippen LogP) is -6.59. The molecule has 1 atom stereocenters. The second kappa shape index (κ2) is 15.9. The van der Waals surface area contributed by atoms with Crippen LogP contribution in [-0.2, 0) is 9.59 Å². The van der Waals surface area contributed by atoms with E-state index in [4.69, 9.17) is 5.11 Å². The molecule has 0 spiro atoms. The summed E-state index contributed by atoms with van der Waals surface area (Å²) in [7, 11) is 0. The van der Waals surface area contributed by atoms with Gasteiger partial charge in [-0.1, -0.05) is 0 Å². The van der Waals surface area contributed by atoms with Gasteiger partial charge in [-0.15, -0.1) is 0 Å². The van der Waals surface area contributed by atoms with Crippen molar-refractivity contribution in [3.8, 4) is 0 Å². The second-order valence-electron chi connectivity index (χ2n) is 2.67. The van der Waals surface area contributed by atoms with Gasteiger partial charge in [0.05, 0.1) is 5.92 Å². The normalized spacial score (nSPS) is 18.3. The number of hydrogen-bond acceptors (Lipinski definition) is 2. The average Bonchev–Trinajstić information content (AvgIpc) is 2.50. The molecule has 1 heterocycles. The number of amides is 1. The van der Waals surface area contributed by atoms with Gasteiger partial charge in [-0.05, 0) is 6.92 Å². The fourth-order valence-electron chi connectivity index (χ4n) is 1.24. The van der Waals surface area contributed by atoms with Crippen molar-refractivity contribution in [3.63, 3.8) is 0 Å². The molecule has 0 aromatic heterocycles. The molecule has 0 radical (unpaired) electrons. The molecule has 0 aromatic carbocycles. The molecule has 1 fully saturated rings. The van der Waals surface area contributed by atoms with E-state index in [1.54, 1.807) is 4.90 Å². The number of nitrogens with zero attached hydrogens (tertiary/aromatic N) is 1. The molecular weight excluding hydrogens is 302 g/mol. The van der Waals surface area contributed by atoms with E-state index in [-0.39, 0.29) is 118 Å². The summed E-state index contributed by atoms with van der Waals surface area (Å²) in [5.41, 5.74) is 0. The van der Waals surface area contributed by atoms with Crippen LogP contribution in [0.4, 0.5) is 0 Å². The van der Waals surface area contributed by atoms with Gasteiger partial charge in [0.15, 0.2) is 0 Å². The topological polar surface area (TPSA) is 57.6 Å². The van der Waals surface area contributed by atoms with Crippen molar-refractivity contribution < 1.29 is 120 Å². The summed E-state index contributed by atoms with van der Waals surface area (Å²) in [4.78, 5) is 23.0. The first kappa shape index (κ1) is 25.4. The molecule has 0 saturated carbocycles. The summed E-state index contributed by atoms with van der Waals surface area (Å²) < 4.78 is 0. The Morgan fingerprint density at radius 2 is 2.07 bits per heavy atom. The zero-order valence-corrected chi connectivity index (χ0v) is 22.9. The van der Waals surface area contributed by atoms with E-state index in [0.29, 0.717) is 13.1 Å². The van der Waals surface area contributed by atoms with Crippen molar-refractivity contribution in [1.29, 1.82) is 0 Å². The maximum absolute atomic E-state index is 11.0. The number of rotatable bonds is 2. The minimum absolute atomic E-state index is 0. The van der Waals surface area contributed by atoms with Crippen molar-refractivity contribution in [2.24, 2.45) is 5.92 Å². The summed E-state index contributed by atoms with van der Waals surface area (Å²) in [5, 5.41) is 8.57. The van der Waals surface area contributed by atoms with E-state index in [0.717, 1.165) is 0 Å². The SMILES string of the molecule is CCN1CC(C(=O)O)CC1=O.[H-].[H-].[K+].[K+].[K][K]. The van der Waals surface area contributed by atoms with Gasteiger partial charge in [-0.2, -0.15) is 0 Å². The third kappa shape index (κ3) is 10.8. The summed E-state index contributed by atoms with van der Waals surface area (Å²) in [6.45, 7) is 2.84. The molecular formula is C7H13K4NO3. The van der Waals surface area contributed by atoms with Crippen LogP contribution >= 0.6 is 0 Å². The van der Waals surface area contributed by atoms with E-state index in [9.17, 15) is 9.59 Å². The number of carboxylic acids is 1. The fourth-order valence-corrected chi connectivity index (χ4v) is 1.24. The van der Waals surface area contributed by atoms with E-state index in [2.05, 4.69) is 0 Å². The van der Waals surface area contributed by atoms with Gasteiger partial charge in [0.25, 0.3) is 0 Å². The van der Waals surface area contributed by atoms with E-state index < -0.39 is 11.9 Å². The van der Waals surface area contributed by atoms with Crippen molar-refractivity contribution >= 4 is 75.0 Å². The zero-order chi connectivity index (χ0) is 10.4. The van der Waals surface area contributed by atoms with Gasteiger partial charge in [0.2, 0.25) is 5.91 Å². The molecule has 15 heavy (non-hydrogen) atoms. The van der Waals surface area contributed by atoms with Crippen LogP contribution in [0.15, 0.2) is 0 Å². The standard InChI is InChI=1S/C7H11NO3.4K.2H/c1-2-8-4-5(7(10)11)3-6(8)9;;;;;;/h5H,2-4H2,1H3,(H,10,11);;;;;;/q;;;2*+1;2*-1. The molecule has 1 saturated heterocycles. The Morgan fingerprint density at radius 1 is 1.60 bits per heavy atom. The molecule has 1 unspecified atom stereocenters. The third-order valence-electron chi connectivity index (χ3n) is 1.95. The molecule has 4 nitrogen and oxygen atoms in total. The van der Waals surface area contributed by atoms with Crippen LogP contribution < -0.4 is 103 Å². The quantitative estimate of drug-likeness (QED) is 0.516. The Kier molecular flexibility index (Phi) is 26.9. The van der Waals surface area contributed by atoms with Crippen LogP contribution in [0.5, 0.6) is 0 Å². The Hall–Kier alpha value is 5.49. The average molecular weight is 316 g/mol. The molecule has 1 aliphatic heterocycles. The second-order valence-corrected chi connectivity index (χ2v) is 2.67. The predicted molar refractivity (Wildman–Crippen MR) is 51.7 cm³/mol. The van der Waals surface area contributed by atoms with Crippen molar-refractivity contribution in [2.75, 3.05) is 13.1 Å². The molecule has 1 rings (SSSR count). The van der Waals surface area contributed by atoms with Crippen molar-refractivity contribution in [3.05, 3.63) is 0 Å². The molecule has 68 valence electrons. The molecule has 0 bridgehead atoms. The maximum atomic E-state index is 11.0. The van der Waals surface area contributed by atoms with Gasteiger partial charge in [-0.3, -0.25) is 9.59 Å². The Morgan fingerprint density at radius 3 is 2.27 bits per heavy atom. The molecule has 0 aliphatic carbocycles. The first-order valence-corrected chi connectivity index (χ1v) is 20.7. The van der Waals surface area contributed by atoms with Crippen molar-refractivity contribution in [1.82, 2.24) is 4.90 Å². The molecule has 0 aromatic rings. The van der Waals surface area contributed by atoms with E-state index >= 15 is 0 Å². The van der Waals surface area contributed by atoms with Gasteiger partial charge >= 0.3 is 172 Å².